The first-order valence-electron chi connectivity index (χ1n) is 12.3. The number of aliphatic hydroxyl groups excluding tert-OH is 1. The molecule has 2 saturated heterocycles. The fraction of sp³-hybridized carbons (Fsp3) is 0.458. The van der Waals surface area contributed by atoms with Crippen molar-refractivity contribution in [3.63, 3.8) is 0 Å². The molecule has 3 amide bonds. The number of likely N-dealkylation sites (tertiary alicyclic amines) is 1. The molecule has 10 nitrogen and oxygen atoms in total. The highest BCUT2D eigenvalue weighted by Gasteiger charge is 2.43. The molecule has 1 aromatic carbocycles. The predicted molar refractivity (Wildman–Crippen MR) is 141 cm³/mol. The molecule has 0 spiro atoms. The van der Waals surface area contributed by atoms with Crippen molar-refractivity contribution >= 4 is 56.4 Å². The molecule has 218 valence electrons. The Hall–Kier alpha value is -2.72. The molecule has 0 bridgehead atoms. The highest BCUT2D eigenvalue weighted by atomic mass is 35.5. The number of thiophene rings is 1. The zero-order valence-corrected chi connectivity index (χ0v) is 23.3. The Kier molecular flexibility index (Phi) is 9.09. The van der Waals surface area contributed by atoms with Gasteiger partial charge in [0.25, 0.3) is 5.91 Å². The molecule has 1 aromatic heterocycles. The number of β-amino-alcohol motifs (C(OH)–C–C–N with tert-alkyl or cyclic N) is 1. The zero-order valence-electron chi connectivity index (χ0n) is 20.9. The summed E-state index contributed by atoms with van der Waals surface area (Å²) in [6.45, 7) is -0.611. The molecule has 2 aliphatic heterocycles. The number of halogens is 4. The standard InChI is InChI=1S/C24H26ClF3N4O6S2/c25-19-8-7-17(39-19)22(35)29-12-15(23(36)31-11-9-14(33)13-31)30-40(37,38)18-5-3-4-16(21(18)24(26,27)28)32-10-2-1-6-20(32)34/h3-5,7-8,14-15,30,33H,1-2,6,9-13H2,(H,29,35)/t14-,15+/m1/s1. The zero-order chi connectivity index (χ0) is 29.2. The molecule has 3 heterocycles. The van der Waals surface area contributed by atoms with E-state index in [0.717, 1.165) is 34.4 Å². The lowest BCUT2D eigenvalue weighted by Crippen LogP contribution is -2.53. The molecule has 2 atom stereocenters. The Labute approximate surface area is 237 Å². The topological polar surface area (TPSA) is 136 Å². The first-order valence-corrected chi connectivity index (χ1v) is 15.0. The summed E-state index contributed by atoms with van der Waals surface area (Å²) in [7, 11) is -5.04. The first-order chi connectivity index (χ1) is 18.8. The summed E-state index contributed by atoms with van der Waals surface area (Å²) in [6.07, 6.45) is -4.79. The van der Waals surface area contributed by atoms with E-state index in [0.29, 0.717) is 17.2 Å². The maximum Gasteiger partial charge on any atom is 0.419 e. The van der Waals surface area contributed by atoms with Gasteiger partial charge in [0.2, 0.25) is 21.8 Å². The summed E-state index contributed by atoms with van der Waals surface area (Å²) >= 11 is 6.79. The number of rotatable bonds is 8. The number of benzene rings is 1. The van der Waals surface area contributed by atoms with E-state index in [1.807, 2.05) is 4.72 Å². The number of carbonyl (C=O) groups is 3. The maximum atomic E-state index is 14.3. The van der Waals surface area contributed by atoms with Gasteiger partial charge in [-0.05, 0) is 43.5 Å². The van der Waals surface area contributed by atoms with Crippen molar-refractivity contribution in [3.05, 3.63) is 45.1 Å². The number of nitrogens with one attached hydrogen (secondary N) is 2. The average Bonchev–Trinajstić information content (AvgIpc) is 3.53. The minimum absolute atomic E-state index is 0.00396. The van der Waals surface area contributed by atoms with Gasteiger partial charge < -0.3 is 20.2 Å². The molecule has 0 aliphatic carbocycles. The second-order valence-corrected chi connectivity index (χ2v) is 12.8. The van der Waals surface area contributed by atoms with E-state index in [1.165, 1.54) is 17.0 Å². The fourth-order valence-electron chi connectivity index (χ4n) is 4.62. The van der Waals surface area contributed by atoms with Crippen LogP contribution in [0.5, 0.6) is 0 Å². The van der Waals surface area contributed by atoms with Crippen LogP contribution in [-0.4, -0.2) is 74.5 Å². The molecule has 40 heavy (non-hydrogen) atoms. The van der Waals surface area contributed by atoms with Crippen molar-refractivity contribution in [2.24, 2.45) is 0 Å². The van der Waals surface area contributed by atoms with Crippen LogP contribution in [0.3, 0.4) is 0 Å². The van der Waals surface area contributed by atoms with Crippen molar-refractivity contribution in [1.29, 1.82) is 0 Å². The van der Waals surface area contributed by atoms with E-state index in [1.54, 1.807) is 0 Å². The van der Waals surface area contributed by atoms with Crippen molar-refractivity contribution in [2.75, 3.05) is 31.1 Å². The van der Waals surface area contributed by atoms with E-state index >= 15 is 0 Å². The van der Waals surface area contributed by atoms with Gasteiger partial charge in [-0.25, -0.2) is 8.42 Å². The largest absolute Gasteiger partial charge is 0.419 e. The summed E-state index contributed by atoms with van der Waals surface area (Å²) in [5, 5.41) is 12.3. The molecule has 4 rings (SSSR count). The van der Waals surface area contributed by atoms with Gasteiger partial charge in [0, 0.05) is 32.6 Å². The third-order valence-corrected chi connectivity index (χ3v) is 9.27. The van der Waals surface area contributed by atoms with Crippen LogP contribution in [0.1, 0.15) is 40.9 Å². The first kappa shape index (κ1) is 30.2. The number of sulfonamides is 1. The molecular formula is C24H26ClF3N4O6S2. The minimum atomic E-state index is -5.16. The Bertz CT molecular complexity index is 1400. The number of hydrogen-bond donors (Lipinski definition) is 3. The van der Waals surface area contributed by atoms with Crippen LogP contribution < -0.4 is 14.9 Å². The number of aliphatic hydroxyl groups is 1. The number of amides is 3. The molecule has 3 N–H and O–H groups in total. The van der Waals surface area contributed by atoms with Crippen LogP contribution in [0.4, 0.5) is 18.9 Å². The SMILES string of the molecule is O=C(NC[C@H](NS(=O)(=O)c1cccc(N2CCCCC2=O)c1C(F)(F)F)C(=O)N1CC[C@@H](O)C1)c1ccc(Cl)s1. The van der Waals surface area contributed by atoms with Gasteiger partial charge in [0.15, 0.2) is 0 Å². The van der Waals surface area contributed by atoms with Crippen molar-refractivity contribution in [1.82, 2.24) is 14.9 Å². The van der Waals surface area contributed by atoms with Gasteiger partial charge in [0.05, 0.1) is 31.5 Å². The molecule has 0 unspecified atom stereocenters. The molecule has 0 saturated carbocycles. The lowest BCUT2D eigenvalue weighted by molar-refractivity contribution is -0.139. The van der Waals surface area contributed by atoms with Gasteiger partial charge in [-0.2, -0.15) is 17.9 Å². The summed E-state index contributed by atoms with van der Waals surface area (Å²) < 4.78 is 72.3. The molecule has 0 radical (unpaired) electrons. The highest BCUT2D eigenvalue weighted by Crippen LogP contribution is 2.41. The van der Waals surface area contributed by atoms with Crippen LogP contribution in [0, 0.1) is 0 Å². The van der Waals surface area contributed by atoms with Gasteiger partial charge in [-0.1, -0.05) is 17.7 Å². The van der Waals surface area contributed by atoms with Crippen molar-refractivity contribution in [3.8, 4) is 0 Å². The van der Waals surface area contributed by atoms with Crippen LogP contribution in [0.25, 0.3) is 0 Å². The van der Waals surface area contributed by atoms with E-state index in [-0.39, 0.29) is 37.4 Å². The highest BCUT2D eigenvalue weighted by molar-refractivity contribution is 7.89. The monoisotopic (exact) mass is 622 g/mol. The third-order valence-electron chi connectivity index (χ3n) is 6.53. The number of hydrogen-bond acceptors (Lipinski definition) is 7. The molecule has 16 heteroatoms. The Balaban J connectivity index is 1.67. The molecular weight excluding hydrogens is 597 g/mol. The van der Waals surface area contributed by atoms with Crippen LogP contribution >= 0.6 is 22.9 Å². The van der Waals surface area contributed by atoms with Gasteiger partial charge in [-0.3, -0.25) is 14.4 Å². The molecule has 2 aliphatic rings. The summed E-state index contributed by atoms with van der Waals surface area (Å²) in [6, 6.07) is 4.06. The van der Waals surface area contributed by atoms with Crippen molar-refractivity contribution in [2.45, 2.75) is 48.9 Å². The lowest BCUT2D eigenvalue weighted by atomic mass is 10.1. The second kappa shape index (κ2) is 12.0. The Morgan fingerprint density at radius 1 is 1.18 bits per heavy atom. The van der Waals surface area contributed by atoms with Crippen LogP contribution in [-0.2, 0) is 25.8 Å². The number of anilines is 1. The maximum absolute atomic E-state index is 14.3. The van der Waals surface area contributed by atoms with E-state index in [4.69, 9.17) is 11.6 Å². The van der Waals surface area contributed by atoms with Crippen LogP contribution in [0.15, 0.2) is 35.2 Å². The van der Waals surface area contributed by atoms with Gasteiger partial charge in [0.1, 0.15) is 6.04 Å². The normalized spacial score (nSPS) is 19.1. The Morgan fingerprint density at radius 2 is 1.93 bits per heavy atom. The van der Waals surface area contributed by atoms with Crippen LogP contribution in [0.2, 0.25) is 4.34 Å². The quantitative estimate of drug-likeness (QED) is 0.414. The number of nitrogens with zero attached hydrogens (tertiary/aromatic N) is 2. The average molecular weight is 623 g/mol. The number of carbonyl (C=O) groups excluding carboxylic acids is 3. The summed E-state index contributed by atoms with van der Waals surface area (Å²) in [5.41, 5.74) is -2.12. The number of piperidine rings is 1. The van der Waals surface area contributed by atoms with Gasteiger partial charge >= 0.3 is 6.18 Å². The van der Waals surface area contributed by atoms with E-state index < -0.39 is 68.8 Å². The Morgan fingerprint density at radius 3 is 2.52 bits per heavy atom. The number of alkyl halides is 3. The third kappa shape index (κ3) is 6.77. The molecule has 2 fully saturated rings. The second-order valence-electron chi connectivity index (χ2n) is 9.36. The van der Waals surface area contributed by atoms with Gasteiger partial charge in [-0.15, -0.1) is 11.3 Å². The molecule has 2 aromatic rings. The van der Waals surface area contributed by atoms with E-state index in [2.05, 4.69) is 5.32 Å². The summed E-state index contributed by atoms with van der Waals surface area (Å²) in [4.78, 5) is 39.3. The minimum Gasteiger partial charge on any atom is -0.391 e. The smallest absolute Gasteiger partial charge is 0.391 e. The van der Waals surface area contributed by atoms with E-state index in [9.17, 15) is 41.1 Å². The predicted octanol–water partition coefficient (Wildman–Crippen LogP) is 2.61. The lowest BCUT2D eigenvalue weighted by Gasteiger charge is -2.30. The fourth-order valence-corrected chi connectivity index (χ4v) is 7.02. The van der Waals surface area contributed by atoms with Crippen molar-refractivity contribution < 1.29 is 41.1 Å². The summed E-state index contributed by atoms with van der Waals surface area (Å²) in [5.74, 6) is -2.06.